The second-order valence-corrected chi connectivity index (χ2v) is 18.6. The predicted octanol–water partition coefficient (Wildman–Crippen LogP) is 11.9. The Balaban J connectivity index is 1.36. The lowest BCUT2D eigenvalue weighted by molar-refractivity contribution is -0.144. The van der Waals surface area contributed by atoms with Crippen molar-refractivity contribution < 1.29 is 28.1 Å². The van der Waals surface area contributed by atoms with Crippen LogP contribution in [0.25, 0.3) is 0 Å². The van der Waals surface area contributed by atoms with Crippen molar-refractivity contribution in [3.63, 3.8) is 0 Å². The number of benzene rings is 6. The minimum Gasteiger partial charge on any atom is -0.497 e. The number of hydrogen-bond donors (Lipinski definition) is 3. The van der Waals surface area contributed by atoms with E-state index in [2.05, 4.69) is 72.6 Å². The molecule has 0 spiro atoms. The molecular formula is C52H59N3O6S2. The number of ether oxygens (including phenoxy) is 3. The molecule has 2 unspecified atom stereocenters. The van der Waals surface area contributed by atoms with Crippen LogP contribution < -0.4 is 19.7 Å². The number of hydrogen-bond acceptors (Lipinski definition) is 10. The van der Waals surface area contributed by atoms with Crippen molar-refractivity contribution >= 4 is 39.9 Å². The molecule has 0 saturated heterocycles. The highest BCUT2D eigenvalue weighted by Crippen LogP contribution is 2.64. The summed E-state index contributed by atoms with van der Waals surface area (Å²) in [4.78, 5) is 17.4. The number of carbonyl (C=O) groups excluding carboxylic acids is 1. The second kappa shape index (κ2) is 20.5. The van der Waals surface area contributed by atoms with Crippen molar-refractivity contribution in [2.45, 2.75) is 73.0 Å². The van der Waals surface area contributed by atoms with Crippen LogP contribution in [0.2, 0.25) is 0 Å². The van der Waals surface area contributed by atoms with Gasteiger partial charge in [-0.3, -0.25) is 19.2 Å². The maximum atomic E-state index is 14.0. The third-order valence-electron chi connectivity index (χ3n) is 12.2. The molecule has 330 valence electrons. The van der Waals surface area contributed by atoms with Crippen molar-refractivity contribution in [2.75, 3.05) is 38.5 Å². The van der Waals surface area contributed by atoms with Gasteiger partial charge in [-0.2, -0.15) is 4.31 Å². The van der Waals surface area contributed by atoms with Crippen molar-refractivity contribution in [1.82, 2.24) is 9.62 Å². The highest BCUT2D eigenvalue weighted by atomic mass is 32.3. The van der Waals surface area contributed by atoms with Gasteiger partial charge in [-0.05, 0) is 71.7 Å². The van der Waals surface area contributed by atoms with E-state index in [1.54, 1.807) is 13.2 Å². The average molecular weight is 886 g/mol. The van der Waals surface area contributed by atoms with Gasteiger partial charge in [0, 0.05) is 24.8 Å². The third kappa shape index (κ3) is 9.50. The van der Waals surface area contributed by atoms with Gasteiger partial charge in [-0.25, -0.2) is 0 Å². The van der Waals surface area contributed by atoms with Gasteiger partial charge < -0.3 is 19.1 Å². The highest BCUT2D eigenvalue weighted by molar-refractivity contribution is 8.22. The maximum absolute atomic E-state index is 14.0. The Morgan fingerprint density at radius 3 is 1.86 bits per heavy atom. The Morgan fingerprint density at radius 2 is 1.37 bits per heavy atom. The van der Waals surface area contributed by atoms with Crippen LogP contribution >= 0.6 is 22.5 Å². The van der Waals surface area contributed by atoms with Gasteiger partial charge in [0.15, 0.2) is 0 Å². The van der Waals surface area contributed by atoms with E-state index in [0.717, 1.165) is 57.8 Å². The zero-order valence-electron chi connectivity index (χ0n) is 36.8. The Morgan fingerprint density at radius 1 is 0.810 bits per heavy atom. The molecule has 7 rings (SSSR count). The third-order valence-corrected chi connectivity index (χ3v) is 15.0. The van der Waals surface area contributed by atoms with E-state index in [-0.39, 0.29) is 6.61 Å². The van der Waals surface area contributed by atoms with Gasteiger partial charge in [0.05, 0.1) is 35.9 Å². The van der Waals surface area contributed by atoms with E-state index in [4.69, 9.17) is 14.2 Å². The quantitative estimate of drug-likeness (QED) is 0.0439. The minimum absolute atomic E-state index is 0.125. The molecule has 0 amide bonds. The first kappa shape index (κ1) is 45.7. The largest absolute Gasteiger partial charge is 0.497 e. The van der Waals surface area contributed by atoms with E-state index >= 15 is 0 Å². The van der Waals surface area contributed by atoms with Crippen molar-refractivity contribution in [3.8, 4) is 11.5 Å². The summed E-state index contributed by atoms with van der Waals surface area (Å²) < 4.78 is 45.8. The van der Waals surface area contributed by atoms with Gasteiger partial charge in [-0.15, -0.1) is 22.5 Å². The number of para-hydroxylation sites is 1. The molecule has 0 bridgehead atoms. The second-order valence-electron chi connectivity index (χ2n) is 15.9. The first-order valence-electron chi connectivity index (χ1n) is 21.5. The van der Waals surface area contributed by atoms with Gasteiger partial charge in [0.2, 0.25) is 0 Å². The van der Waals surface area contributed by atoms with Crippen molar-refractivity contribution in [3.05, 3.63) is 180 Å². The molecule has 3 N–H and O–H groups in total. The van der Waals surface area contributed by atoms with Crippen LogP contribution in [0.1, 0.15) is 61.8 Å². The fourth-order valence-electron chi connectivity index (χ4n) is 8.81. The summed E-state index contributed by atoms with van der Waals surface area (Å²) in [6, 6.07) is 51.0. The number of anilines is 2. The van der Waals surface area contributed by atoms with Gasteiger partial charge in [-0.1, -0.05) is 148 Å². The Bertz CT molecular complexity index is 2290. The van der Waals surface area contributed by atoms with Crippen molar-refractivity contribution in [2.24, 2.45) is 0 Å². The SMILES string of the molecule is CCCCC1(CC)CN(c2ccccc2)c2cc(SC)c(OCC(NC(c3ccccc3)(c3ccccc3)c3ccccc3)C(=O)OC)cc2S(O)(O)N1Cc1ccc(OC)cc1. The molecule has 11 heteroatoms. The Kier molecular flexibility index (Phi) is 14.9. The molecule has 6 aromatic carbocycles. The molecule has 0 radical (unpaired) electrons. The summed E-state index contributed by atoms with van der Waals surface area (Å²) in [6.45, 7) is 5.01. The van der Waals surface area contributed by atoms with Crippen LogP contribution in [0, 0.1) is 0 Å². The first-order chi connectivity index (χ1) is 30.6. The molecule has 0 aliphatic carbocycles. The molecule has 1 aliphatic rings. The zero-order chi connectivity index (χ0) is 44.5. The summed E-state index contributed by atoms with van der Waals surface area (Å²) in [5, 5.41) is 3.75. The Labute approximate surface area is 378 Å². The number of methoxy groups -OCH3 is 2. The lowest BCUT2D eigenvalue weighted by Crippen LogP contribution is -2.55. The lowest BCUT2D eigenvalue weighted by atomic mass is 9.76. The summed E-state index contributed by atoms with van der Waals surface area (Å²) in [5.74, 6) is 0.655. The van der Waals surface area contributed by atoms with E-state index in [9.17, 15) is 13.9 Å². The number of nitrogens with one attached hydrogen (secondary N) is 1. The summed E-state index contributed by atoms with van der Waals surface area (Å²) in [7, 11) is -0.685. The fourth-order valence-corrected chi connectivity index (χ4v) is 11.5. The number of unbranched alkanes of at least 4 members (excludes halogenated alkanes) is 1. The van der Waals surface area contributed by atoms with Gasteiger partial charge in [0.25, 0.3) is 0 Å². The molecule has 0 fully saturated rings. The molecule has 0 aromatic heterocycles. The zero-order valence-corrected chi connectivity index (χ0v) is 38.4. The van der Waals surface area contributed by atoms with Gasteiger partial charge >= 0.3 is 5.97 Å². The topological polar surface area (TPSA) is 104 Å². The number of fused-ring (bicyclic) bond motifs is 1. The van der Waals surface area contributed by atoms with Crippen LogP contribution in [0.4, 0.5) is 11.4 Å². The van der Waals surface area contributed by atoms with Crippen molar-refractivity contribution in [1.29, 1.82) is 0 Å². The van der Waals surface area contributed by atoms with E-state index in [1.165, 1.54) is 18.9 Å². The number of esters is 1. The normalized spacial score (nSPS) is 17.2. The average Bonchev–Trinajstić information content (AvgIpc) is 3.41. The molecule has 2 atom stereocenters. The van der Waals surface area contributed by atoms with Crippen LogP contribution in [0.5, 0.6) is 11.5 Å². The van der Waals surface area contributed by atoms with Crippen LogP contribution in [-0.2, 0) is 21.6 Å². The van der Waals surface area contributed by atoms with Crippen LogP contribution in [0.15, 0.2) is 168 Å². The number of nitrogens with zero attached hydrogens (tertiary/aromatic N) is 2. The molecule has 6 aromatic rings. The maximum Gasteiger partial charge on any atom is 0.326 e. The first-order valence-corrected chi connectivity index (χ1v) is 24.3. The van der Waals surface area contributed by atoms with E-state index in [1.807, 2.05) is 114 Å². The highest BCUT2D eigenvalue weighted by Gasteiger charge is 2.49. The number of carbonyl (C=O) groups is 1. The monoisotopic (exact) mass is 885 g/mol. The van der Waals surface area contributed by atoms with Crippen LogP contribution in [0.3, 0.4) is 0 Å². The smallest absolute Gasteiger partial charge is 0.326 e. The molecule has 9 nitrogen and oxygen atoms in total. The number of thioether (sulfide) groups is 1. The standard InChI is InChI=1S/C52H59N3O6S2/c1-6-8-33-51(7-2)38-54(43-27-19-12-20-28-43)46-34-48(62-5)47(35-49(46)63(57,58)55(51)36-39-29-31-44(59-3)32-30-39)61-37-45(50(56)60-4)53-52(40-21-13-9-14-22-40,41-23-15-10-16-24-41)42-25-17-11-18-26-42/h9-32,34-35,45,53,57-58H,6-8,33,36-38H2,1-5H3. The molecular weight excluding hydrogens is 827 g/mol. The lowest BCUT2D eigenvalue weighted by Gasteiger charge is -2.52. The predicted molar refractivity (Wildman–Crippen MR) is 258 cm³/mol. The van der Waals surface area contributed by atoms with E-state index in [0.29, 0.717) is 35.8 Å². The van der Waals surface area contributed by atoms with Gasteiger partial charge in [0.1, 0.15) is 29.0 Å². The number of rotatable bonds is 18. The molecule has 1 aliphatic heterocycles. The van der Waals surface area contributed by atoms with Crippen LogP contribution in [-0.4, -0.2) is 64.6 Å². The summed E-state index contributed by atoms with van der Waals surface area (Å²) in [5.41, 5.74) is 3.74. The molecule has 0 saturated carbocycles. The summed E-state index contributed by atoms with van der Waals surface area (Å²) in [6.07, 6.45) is 5.27. The minimum atomic E-state index is -3.70. The Hall–Kier alpha value is -5.27. The molecule has 1 heterocycles. The molecule has 63 heavy (non-hydrogen) atoms. The summed E-state index contributed by atoms with van der Waals surface area (Å²) >= 11 is 1.50. The fraction of sp³-hybridized carbons (Fsp3) is 0.288. The van der Waals surface area contributed by atoms with E-state index < -0.39 is 33.9 Å².